The molecular weight excluding hydrogens is 474 g/mol. The largest absolute Gasteiger partial charge is 0.497 e. The number of esters is 1. The quantitative estimate of drug-likeness (QED) is 0.337. The maximum Gasteiger partial charge on any atom is 0.326 e. The van der Waals surface area contributed by atoms with Crippen molar-refractivity contribution < 1.29 is 23.7 Å². The Hall–Kier alpha value is -2.51. The standard InChI is InChI=1S/C25H28BrNO5/c1-25(24(28)32-5)9-6-10-27(25)14-20-16-8-7-15(29-2)11-17(16)18-12-21(30-3)22(31-4)13-19(18)23(20)26/h7-8,11-13H,6,9-10,14H2,1-5H3/t25-/m0/s1. The normalized spacial score (nSPS) is 18.8. The van der Waals surface area contributed by atoms with Gasteiger partial charge in [0.15, 0.2) is 11.5 Å². The third-order valence-electron chi connectivity index (χ3n) is 6.63. The first-order valence-electron chi connectivity index (χ1n) is 10.5. The van der Waals surface area contributed by atoms with Crippen molar-refractivity contribution in [2.24, 2.45) is 0 Å². The van der Waals surface area contributed by atoms with Gasteiger partial charge in [0.05, 0.1) is 28.4 Å². The van der Waals surface area contributed by atoms with Crippen molar-refractivity contribution in [1.82, 2.24) is 4.90 Å². The molecule has 1 atom stereocenters. The molecule has 170 valence electrons. The van der Waals surface area contributed by atoms with Gasteiger partial charge in [-0.25, -0.2) is 0 Å². The molecular formula is C25H28BrNO5. The molecule has 3 aromatic carbocycles. The Kier molecular flexibility index (Phi) is 6.23. The number of carbonyl (C=O) groups excluding carboxylic acids is 1. The van der Waals surface area contributed by atoms with Crippen molar-refractivity contribution in [2.45, 2.75) is 31.8 Å². The van der Waals surface area contributed by atoms with Gasteiger partial charge in [0, 0.05) is 16.4 Å². The zero-order valence-electron chi connectivity index (χ0n) is 19.1. The molecule has 1 aliphatic rings. The van der Waals surface area contributed by atoms with Crippen molar-refractivity contribution >= 4 is 43.4 Å². The average molecular weight is 502 g/mol. The molecule has 0 aromatic heterocycles. The summed E-state index contributed by atoms with van der Waals surface area (Å²) >= 11 is 3.88. The highest BCUT2D eigenvalue weighted by Gasteiger charge is 2.44. The first kappa shape index (κ1) is 22.7. The smallest absolute Gasteiger partial charge is 0.326 e. The highest BCUT2D eigenvalue weighted by atomic mass is 79.9. The zero-order chi connectivity index (χ0) is 23.0. The van der Waals surface area contributed by atoms with Gasteiger partial charge in [-0.2, -0.15) is 0 Å². The van der Waals surface area contributed by atoms with E-state index in [2.05, 4.69) is 26.9 Å². The van der Waals surface area contributed by atoms with Crippen LogP contribution in [0, 0.1) is 0 Å². The third-order valence-corrected chi connectivity index (χ3v) is 7.54. The van der Waals surface area contributed by atoms with E-state index in [0.717, 1.165) is 56.7 Å². The van der Waals surface area contributed by atoms with Crippen molar-refractivity contribution in [3.05, 3.63) is 40.4 Å². The van der Waals surface area contributed by atoms with Crippen LogP contribution in [0.1, 0.15) is 25.3 Å². The number of hydrogen-bond donors (Lipinski definition) is 0. The summed E-state index contributed by atoms with van der Waals surface area (Å²) in [4.78, 5) is 14.8. The number of benzene rings is 3. The summed E-state index contributed by atoms with van der Waals surface area (Å²) in [6, 6.07) is 10.1. The second kappa shape index (κ2) is 8.79. The van der Waals surface area contributed by atoms with Gasteiger partial charge in [-0.1, -0.05) is 6.07 Å². The van der Waals surface area contributed by atoms with Gasteiger partial charge in [0.2, 0.25) is 0 Å². The lowest BCUT2D eigenvalue weighted by Crippen LogP contribution is -2.48. The van der Waals surface area contributed by atoms with Gasteiger partial charge in [0.1, 0.15) is 11.3 Å². The Labute approximate surface area is 196 Å². The van der Waals surface area contributed by atoms with Crippen molar-refractivity contribution in [3.8, 4) is 17.2 Å². The van der Waals surface area contributed by atoms with Crippen molar-refractivity contribution in [1.29, 1.82) is 0 Å². The topological polar surface area (TPSA) is 57.2 Å². The Morgan fingerprint density at radius 2 is 1.62 bits per heavy atom. The van der Waals surface area contributed by atoms with Gasteiger partial charge in [-0.15, -0.1) is 0 Å². The maximum absolute atomic E-state index is 12.6. The van der Waals surface area contributed by atoms with E-state index in [-0.39, 0.29) is 5.97 Å². The van der Waals surface area contributed by atoms with E-state index in [0.29, 0.717) is 18.0 Å². The molecule has 0 saturated carbocycles. The fourth-order valence-electron chi connectivity index (χ4n) is 4.77. The number of hydrogen-bond acceptors (Lipinski definition) is 6. The summed E-state index contributed by atoms with van der Waals surface area (Å²) in [5.41, 5.74) is 0.471. The molecule has 3 aromatic rings. The van der Waals surface area contributed by atoms with Crippen LogP contribution in [0.3, 0.4) is 0 Å². The van der Waals surface area contributed by atoms with Crippen LogP contribution >= 0.6 is 15.9 Å². The lowest BCUT2D eigenvalue weighted by molar-refractivity contribution is -0.152. The molecule has 0 spiro atoms. The van der Waals surface area contributed by atoms with E-state index in [9.17, 15) is 4.79 Å². The van der Waals surface area contributed by atoms with Crippen LogP contribution < -0.4 is 14.2 Å². The van der Waals surface area contributed by atoms with E-state index in [1.807, 2.05) is 31.2 Å². The monoisotopic (exact) mass is 501 g/mol. The number of ether oxygens (including phenoxy) is 4. The predicted molar refractivity (Wildman–Crippen MR) is 129 cm³/mol. The fraction of sp³-hybridized carbons (Fsp3) is 0.400. The van der Waals surface area contributed by atoms with Crippen LogP contribution in [0.15, 0.2) is 34.8 Å². The van der Waals surface area contributed by atoms with Gasteiger partial charge < -0.3 is 18.9 Å². The number of likely N-dealkylation sites (tertiary alicyclic amines) is 1. The molecule has 32 heavy (non-hydrogen) atoms. The minimum absolute atomic E-state index is 0.190. The van der Waals surface area contributed by atoms with Gasteiger partial charge >= 0.3 is 5.97 Å². The van der Waals surface area contributed by atoms with Crippen LogP contribution in [-0.2, 0) is 16.1 Å². The van der Waals surface area contributed by atoms with E-state index in [4.69, 9.17) is 18.9 Å². The molecule has 0 unspecified atom stereocenters. The summed E-state index contributed by atoms with van der Waals surface area (Å²) in [5, 5.41) is 4.19. The van der Waals surface area contributed by atoms with Crippen LogP contribution in [0.4, 0.5) is 0 Å². The summed E-state index contributed by atoms with van der Waals surface area (Å²) < 4.78 is 22.8. The Bertz CT molecular complexity index is 1190. The fourth-order valence-corrected chi connectivity index (χ4v) is 5.44. The van der Waals surface area contributed by atoms with Gasteiger partial charge in [-0.05, 0) is 88.2 Å². The zero-order valence-corrected chi connectivity index (χ0v) is 20.7. The van der Waals surface area contributed by atoms with Crippen LogP contribution in [-0.4, -0.2) is 51.4 Å². The summed E-state index contributed by atoms with van der Waals surface area (Å²) in [6.45, 7) is 3.42. The molecule has 6 nitrogen and oxygen atoms in total. The minimum Gasteiger partial charge on any atom is -0.497 e. The third kappa shape index (κ3) is 3.57. The van der Waals surface area contributed by atoms with Crippen LogP contribution in [0.2, 0.25) is 0 Å². The molecule has 0 aliphatic carbocycles. The second-order valence-electron chi connectivity index (χ2n) is 8.25. The number of carbonyl (C=O) groups is 1. The second-order valence-corrected chi connectivity index (χ2v) is 9.04. The molecule has 0 amide bonds. The number of methoxy groups -OCH3 is 4. The summed E-state index contributed by atoms with van der Waals surface area (Å²) in [5.74, 6) is 1.92. The molecule has 0 radical (unpaired) electrons. The summed E-state index contributed by atoms with van der Waals surface area (Å²) in [6.07, 6.45) is 1.73. The Morgan fingerprint density at radius 3 is 2.25 bits per heavy atom. The lowest BCUT2D eigenvalue weighted by Gasteiger charge is -2.33. The molecule has 7 heteroatoms. The number of fused-ring (bicyclic) bond motifs is 3. The van der Waals surface area contributed by atoms with Crippen LogP contribution in [0.5, 0.6) is 17.2 Å². The van der Waals surface area contributed by atoms with Gasteiger partial charge in [0.25, 0.3) is 0 Å². The number of halogens is 1. The highest BCUT2D eigenvalue weighted by Crippen LogP contribution is 2.44. The maximum atomic E-state index is 12.6. The van der Waals surface area contributed by atoms with Gasteiger partial charge in [-0.3, -0.25) is 9.69 Å². The van der Waals surface area contributed by atoms with E-state index in [1.54, 1.807) is 21.3 Å². The summed E-state index contributed by atoms with van der Waals surface area (Å²) in [7, 11) is 6.39. The Morgan fingerprint density at radius 1 is 0.969 bits per heavy atom. The lowest BCUT2D eigenvalue weighted by atomic mass is 9.94. The van der Waals surface area contributed by atoms with E-state index < -0.39 is 5.54 Å². The molecule has 1 fully saturated rings. The number of rotatable bonds is 6. The highest BCUT2D eigenvalue weighted by molar-refractivity contribution is 9.10. The average Bonchev–Trinajstić information content (AvgIpc) is 3.20. The van der Waals surface area contributed by atoms with Crippen molar-refractivity contribution in [3.63, 3.8) is 0 Å². The SMILES string of the molecule is COC(=O)[C@]1(C)CCCN1Cc1c(Br)c2cc(OC)c(OC)cc2c2cc(OC)ccc12. The molecule has 1 aliphatic heterocycles. The predicted octanol–water partition coefficient (Wildman–Crippen LogP) is 5.31. The first-order valence-corrected chi connectivity index (χ1v) is 11.3. The molecule has 0 N–H and O–H groups in total. The molecule has 0 bridgehead atoms. The van der Waals surface area contributed by atoms with Crippen LogP contribution in [0.25, 0.3) is 21.5 Å². The minimum atomic E-state index is -0.639. The number of nitrogens with zero attached hydrogens (tertiary/aromatic N) is 1. The molecule has 1 saturated heterocycles. The molecule has 4 rings (SSSR count). The van der Waals surface area contributed by atoms with E-state index >= 15 is 0 Å². The Balaban J connectivity index is 1.97. The van der Waals surface area contributed by atoms with E-state index in [1.165, 1.54) is 7.11 Å². The first-order chi connectivity index (χ1) is 15.4. The molecule has 1 heterocycles. The van der Waals surface area contributed by atoms with Crippen molar-refractivity contribution in [2.75, 3.05) is 35.0 Å².